The summed E-state index contributed by atoms with van der Waals surface area (Å²) in [6, 6.07) is 4.54. The van der Waals surface area contributed by atoms with E-state index in [4.69, 9.17) is 0 Å². The summed E-state index contributed by atoms with van der Waals surface area (Å²) in [6.45, 7) is 3.50. The van der Waals surface area contributed by atoms with Gasteiger partial charge < -0.3 is 5.32 Å². The normalized spacial score (nSPS) is 20.8. The Balaban J connectivity index is 2.19. The predicted molar refractivity (Wildman–Crippen MR) is 61.1 cm³/mol. The topological polar surface area (TPSA) is 29.1 Å². The van der Waals surface area contributed by atoms with Gasteiger partial charge in [-0.05, 0) is 50.1 Å². The van der Waals surface area contributed by atoms with Crippen molar-refractivity contribution >= 4 is 5.78 Å². The molecular formula is C13H16FNO. The Kier molecular flexibility index (Phi) is 3.34. The van der Waals surface area contributed by atoms with Crippen molar-refractivity contribution in [1.29, 1.82) is 0 Å². The van der Waals surface area contributed by atoms with E-state index in [9.17, 15) is 9.18 Å². The van der Waals surface area contributed by atoms with Gasteiger partial charge in [0.2, 0.25) is 0 Å². The summed E-state index contributed by atoms with van der Waals surface area (Å²) in [5, 5.41) is 3.20. The van der Waals surface area contributed by atoms with Crippen LogP contribution in [0.1, 0.15) is 28.8 Å². The molecule has 2 rings (SSSR count). The molecule has 1 N–H and O–H groups in total. The molecule has 1 saturated heterocycles. The van der Waals surface area contributed by atoms with Gasteiger partial charge in [0.1, 0.15) is 5.82 Å². The van der Waals surface area contributed by atoms with E-state index in [0.717, 1.165) is 24.9 Å². The van der Waals surface area contributed by atoms with Gasteiger partial charge in [0.25, 0.3) is 0 Å². The van der Waals surface area contributed by atoms with Crippen molar-refractivity contribution in [2.24, 2.45) is 5.92 Å². The molecule has 1 aromatic rings. The van der Waals surface area contributed by atoms with Crippen LogP contribution in [0.3, 0.4) is 0 Å². The molecule has 0 spiro atoms. The number of carbonyl (C=O) groups excluding carboxylic acids is 1. The second-order valence-corrected chi connectivity index (χ2v) is 4.42. The quantitative estimate of drug-likeness (QED) is 0.776. The Morgan fingerprint density at radius 2 is 2.25 bits per heavy atom. The van der Waals surface area contributed by atoms with Crippen LogP contribution in [0.15, 0.2) is 18.2 Å². The number of rotatable bonds is 2. The minimum Gasteiger partial charge on any atom is -0.316 e. The molecule has 1 heterocycles. The van der Waals surface area contributed by atoms with Crippen molar-refractivity contribution in [1.82, 2.24) is 5.32 Å². The van der Waals surface area contributed by atoms with Crippen LogP contribution in [0.25, 0.3) is 0 Å². The molecule has 1 aliphatic rings. The van der Waals surface area contributed by atoms with E-state index in [1.54, 1.807) is 13.0 Å². The van der Waals surface area contributed by atoms with Crippen molar-refractivity contribution in [3.8, 4) is 0 Å². The summed E-state index contributed by atoms with van der Waals surface area (Å²) >= 11 is 0. The first-order valence-electron chi connectivity index (χ1n) is 5.69. The second-order valence-electron chi connectivity index (χ2n) is 4.42. The van der Waals surface area contributed by atoms with Gasteiger partial charge in [-0.25, -0.2) is 4.39 Å². The number of Topliss-reactive ketones (excluding diaryl/α,β-unsaturated/α-hetero) is 1. The SMILES string of the molecule is Cc1cc(F)cc(C(=O)C2CCCNC2)c1. The number of carbonyl (C=O) groups is 1. The smallest absolute Gasteiger partial charge is 0.167 e. The number of piperidine rings is 1. The molecule has 1 fully saturated rings. The number of nitrogens with one attached hydrogen (secondary N) is 1. The number of hydrogen-bond acceptors (Lipinski definition) is 2. The van der Waals surface area contributed by atoms with Gasteiger partial charge in [-0.1, -0.05) is 0 Å². The average molecular weight is 221 g/mol. The molecule has 1 aliphatic heterocycles. The van der Waals surface area contributed by atoms with E-state index in [-0.39, 0.29) is 17.5 Å². The lowest BCUT2D eigenvalue weighted by molar-refractivity contribution is 0.0899. The minimum atomic E-state index is -0.327. The molecule has 0 aliphatic carbocycles. The third-order valence-electron chi connectivity index (χ3n) is 2.99. The van der Waals surface area contributed by atoms with E-state index in [0.29, 0.717) is 12.1 Å². The van der Waals surface area contributed by atoms with E-state index < -0.39 is 0 Å². The number of halogens is 1. The summed E-state index contributed by atoms with van der Waals surface area (Å²) < 4.78 is 13.2. The highest BCUT2D eigenvalue weighted by Crippen LogP contribution is 2.18. The lowest BCUT2D eigenvalue weighted by atomic mass is 9.90. The van der Waals surface area contributed by atoms with Crippen LogP contribution < -0.4 is 5.32 Å². The Labute approximate surface area is 94.9 Å². The van der Waals surface area contributed by atoms with Gasteiger partial charge in [0, 0.05) is 18.0 Å². The molecule has 86 valence electrons. The first kappa shape index (κ1) is 11.3. The van der Waals surface area contributed by atoms with E-state index in [1.807, 2.05) is 0 Å². The molecule has 0 bridgehead atoms. The van der Waals surface area contributed by atoms with Crippen LogP contribution in [-0.2, 0) is 0 Å². The zero-order chi connectivity index (χ0) is 11.5. The highest BCUT2D eigenvalue weighted by Gasteiger charge is 2.22. The van der Waals surface area contributed by atoms with Crippen LogP contribution in [0.4, 0.5) is 4.39 Å². The molecule has 2 nitrogen and oxygen atoms in total. The van der Waals surface area contributed by atoms with Crippen molar-refractivity contribution in [3.63, 3.8) is 0 Å². The maximum Gasteiger partial charge on any atom is 0.167 e. The molecular weight excluding hydrogens is 205 g/mol. The minimum absolute atomic E-state index is 0.00921. The fourth-order valence-corrected chi connectivity index (χ4v) is 2.19. The molecule has 16 heavy (non-hydrogen) atoms. The summed E-state index contributed by atoms with van der Waals surface area (Å²) in [4.78, 5) is 12.1. The third kappa shape index (κ3) is 2.47. The number of aryl methyl sites for hydroxylation is 1. The summed E-state index contributed by atoms with van der Waals surface area (Å²) in [5.74, 6) is -0.253. The monoisotopic (exact) mass is 221 g/mol. The zero-order valence-electron chi connectivity index (χ0n) is 9.42. The molecule has 1 aromatic carbocycles. The van der Waals surface area contributed by atoms with Crippen molar-refractivity contribution < 1.29 is 9.18 Å². The van der Waals surface area contributed by atoms with E-state index >= 15 is 0 Å². The van der Waals surface area contributed by atoms with Gasteiger partial charge in [-0.15, -0.1) is 0 Å². The molecule has 0 saturated carbocycles. The lowest BCUT2D eigenvalue weighted by Crippen LogP contribution is -2.34. The number of benzene rings is 1. The highest BCUT2D eigenvalue weighted by atomic mass is 19.1. The summed E-state index contributed by atoms with van der Waals surface area (Å²) in [5.41, 5.74) is 1.30. The fraction of sp³-hybridized carbons (Fsp3) is 0.462. The van der Waals surface area contributed by atoms with Crippen LogP contribution in [0.2, 0.25) is 0 Å². The number of ketones is 1. The second kappa shape index (κ2) is 4.74. The van der Waals surface area contributed by atoms with Gasteiger partial charge in [0.15, 0.2) is 5.78 Å². The molecule has 1 unspecified atom stereocenters. The third-order valence-corrected chi connectivity index (χ3v) is 2.99. The van der Waals surface area contributed by atoms with E-state index in [2.05, 4.69) is 5.32 Å². The van der Waals surface area contributed by atoms with Crippen molar-refractivity contribution in [2.75, 3.05) is 13.1 Å². The summed E-state index contributed by atoms with van der Waals surface area (Å²) in [7, 11) is 0. The highest BCUT2D eigenvalue weighted by molar-refractivity contribution is 5.98. The maximum absolute atomic E-state index is 13.2. The molecule has 1 atom stereocenters. The molecule has 0 radical (unpaired) electrons. The Morgan fingerprint density at radius 1 is 1.44 bits per heavy atom. The van der Waals surface area contributed by atoms with E-state index in [1.165, 1.54) is 12.1 Å². The van der Waals surface area contributed by atoms with Crippen LogP contribution in [0.5, 0.6) is 0 Å². The molecule has 0 amide bonds. The van der Waals surface area contributed by atoms with Crippen LogP contribution in [0, 0.1) is 18.7 Å². The van der Waals surface area contributed by atoms with Gasteiger partial charge >= 0.3 is 0 Å². The predicted octanol–water partition coefficient (Wildman–Crippen LogP) is 2.32. The lowest BCUT2D eigenvalue weighted by Gasteiger charge is -2.21. The number of hydrogen-bond donors (Lipinski definition) is 1. The van der Waals surface area contributed by atoms with Crippen molar-refractivity contribution in [3.05, 3.63) is 35.1 Å². The van der Waals surface area contributed by atoms with Crippen molar-refractivity contribution in [2.45, 2.75) is 19.8 Å². The Bertz CT molecular complexity index is 377. The largest absolute Gasteiger partial charge is 0.316 e. The molecule has 0 aromatic heterocycles. The maximum atomic E-state index is 13.2. The average Bonchev–Trinajstić information content (AvgIpc) is 2.28. The van der Waals surface area contributed by atoms with Gasteiger partial charge in [-0.3, -0.25) is 4.79 Å². The fourth-order valence-electron chi connectivity index (χ4n) is 2.19. The Hall–Kier alpha value is -1.22. The van der Waals surface area contributed by atoms with Gasteiger partial charge in [0.05, 0.1) is 0 Å². The Morgan fingerprint density at radius 3 is 2.88 bits per heavy atom. The van der Waals surface area contributed by atoms with Crippen LogP contribution >= 0.6 is 0 Å². The summed E-state index contributed by atoms with van der Waals surface area (Å²) in [6.07, 6.45) is 1.92. The first-order valence-corrected chi connectivity index (χ1v) is 5.69. The standard InChI is InChI=1S/C13H16FNO/c1-9-5-11(7-12(14)6-9)13(16)10-3-2-4-15-8-10/h5-7,10,15H,2-4,8H2,1H3. The van der Waals surface area contributed by atoms with Crippen LogP contribution in [-0.4, -0.2) is 18.9 Å². The molecule has 3 heteroatoms. The zero-order valence-corrected chi connectivity index (χ0v) is 9.42. The van der Waals surface area contributed by atoms with Gasteiger partial charge in [-0.2, -0.15) is 0 Å². The first-order chi connectivity index (χ1) is 7.66.